The Kier molecular flexibility index (Phi) is 7.17. The van der Waals surface area contributed by atoms with Crippen LogP contribution in [0.25, 0.3) is 0 Å². The van der Waals surface area contributed by atoms with Crippen molar-refractivity contribution in [2.75, 3.05) is 38.3 Å². The fraction of sp³-hybridized carbons (Fsp3) is 0.650. The van der Waals surface area contributed by atoms with Crippen LogP contribution in [-0.4, -0.2) is 83.5 Å². The second-order valence-corrected chi connectivity index (χ2v) is 12.3. The molecule has 3 rings (SSSR count). The SMILES string of the molecule is CCOC(=O)N1CCC(N[C@H]2CS(=O)(=O)C[C@@H]2S(=O)(=O)c2ccc(OC)c(C)c2)CC1. The largest absolute Gasteiger partial charge is 0.496 e. The second kappa shape index (κ2) is 9.33. The first kappa shape index (κ1) is 23.8. The molecule has 2 heterocycles. The number of nitrogens with zero attached hydrogens (tertiary/aromatic N) is 1. The van der Waals surface area contributed by atoms with Crippen LogP contribution in [-0.2, 0) is 24.4 Å². The lowest BCUT2D eigenvalue weighted by Crippen LogP contribution is -2.52. The minimum Gasteiger partial charge on any atom is -0.496 e. The van der Waals surface area contributed by atoms with E-state index in [1.807, 2.05) is 0 Å². The van der Waals surface area contributed by atoms with E-state index in [1.165, 1.54) is 19.2 Å². The number of likely N-dealkylation sites (tertiary alicyclic amines) is 1. The molecule has 1 N–H and O–H groups in total. The van der Waals surface area contributed by atoms with E-state index in [0.717, 1.165) is 0 Å². The van der Waals surface area contributed by atoms with E-state index < -0.39 is 36.7 Å². The Morgan fingerprint density at radius 2 is 1.90 bits per heavy atom. The third kappa shape index (κ3) is 5.32. The molecule has 1 aromatic rings. The number of aryl methyl sites for hydroxylation is 1. The molecule has 174 valence electrons. The Morgan fingerprint density at radius 3 is 2.48 bits per heavy atom. The van der Waals surface area contributed by atoms with E-state index in [2.05, 4.69) is 5.32 Å². The Morgan fingerprint density at radius 1 is 1.23 bits per heavy atom. The summed E-state index contributed by atoms with van der Waals surface area (Å²) in [5.74, 6) is -0.0508. The van der Waals surface area contributed by atoms with Gasteiger partial charge in [0.15, 0.2) is 19.7 Å². The van der Waals surface area contributed by atoms with Crippen molar-refractivity contribution in [1.29, 1.82) is 0 Å². The van der Waals surface area contributed by atoms with Crippen LogP contribution in [0.2, 0.25) is 0 Å². The molecule has 2 fully saturated rings. The maximum absolute atomic E-state index is 13.3. The smallest absolute Gasteiger partial charge is 0.409 e. The van der Waals surface area contributed by atoms with Crippen molar-refractivity contribution in [1.82, 2.24) is 10.2 Å². The molecule has 31 heavy (non-hydrogen) atoms. The molecule has 2 aliphatic rings. The van der Waals surface area contributed by atoms with Crippen LogP contribution in [0, 0.1) is 6.92 Å². The van der Waals surface area contributed by atoms with Gasteiger partial charge in [-0.05, 0) is 50.5 Å². The molecule has 2 saturated heterocycles. The van der Waals surface area contributed by atoms with Gasteiger partial charge in [0, 0.05) is 25.2 Å². The fourth-order valence-corrected chi connectivity index (χ4v) is 8.99. The number of carbonyl (C=O) groups excluding carboxylic acids is 1. The summed E-state index contributed by atoms with van der Waals surface area (Å²) in [7, 11) is -5.86. The Balaban J connectivity index is 1.74. The van der Waals surface area contributed by atoms with Gasteiger partial charge in [0.25, 0.3) is 0 Å². The first-order chi connectivity index (χ1) is 14.6. The van der Waals surface area contributed by atoms with Gasteiger partial charge in [0.1, 0.15) is 5.75 Å². The summed E-state index contributed by atoms with van der Waals surface area (Å²) in [6.45, 7) is 4.76. The molecule has 0 spiro atoms. The van der Waals surface area contributed by atoms with Crippen molar-refractivity contribution in [3.63, 3.8) is 0 Å². The molecule has 1 amide bonds. The summed E-state index contributed by atoms with van der Waals surface area (Å²) in [5.41, 5.74) is 0.667. The van der Waals surface area contributed by atoms with Crippen molar-refractivity contribution >= 4 is 25.8 Å². The van der Waals surface area contributed by atoms with Gasteiger partial charge in [-0.15, -0.1) is 0 Å². The van der Waals surface area contributed by atoms with Gasteiger partial charge in [-0.1, -0.05) is 0 Å². The molecule has 0 aliphatic carbocycles. The lowest BCUT2D eigenvalue weighted by molar-refractivity contribution is 0.0945. The van der Waals surface area contributed by atoms with E-state index in [1.54, 1.807) is 24.8 Å². The van der Waals surface area contributed by atoms with E-state index in [9.17, 15) is 21.6 Å². The third-order valence-corrected chi connectivity index (χ3v) is 10.0. The highest BCUT2D eigenvalue weighted by molar-refractivity contribution is 7.96. The number of sulfone groups is 2. The number of ether oxygens (including phenoxy) is 2. The summed E-state index contributed by atoms with van der Waals surface area (Å²) in [4.78, 5) is 13.6. The van der Waals surface area contributed by atoms with Gasteiger partial charge in [0.05, 0.1) is 35.4 Å². The van der Waals surface area contributed by atoms with Gasteiger partial charge in [-0.2, -0.15) is 0 Å². The summed E-state index contributed by atoms with van der Waals surface area (Å²) in [6, 6.07) is 3.80. The molecule has 2 atom stereocenters. The lowest BCUT2D eigenvalue weighted by atomic mass is 10.0. The fourth-order valence-electron chi connectivity index (χ4n) is 4.23. The number of nitrogens with one attached hydrogen (secondary N) is 1. The number of benzene rings is 1. The van der Waals surface area contributed by atoms with Crippen LogP contribution in [0.3, 0.4) is 0 Å². The van der Waals surface area contributed by atoms with Crippen LogP contribution in [0.1, 0.15) is 25.3 Å². The minimum absolute atomic E-state index is 0.0701. The zero-order chi connectivity index (χ0) is 22.8. The number of methoxy groups -OCH3 is 1. The first-order valence-corrected chi connectivity index (χ1v) is 13.7. The van der Waals surface area contributed by atoms with Crippen molar-refractivity contribution in [2.24, 2.45) is 0 Å². The summed E-state index contributed by atoms with van der Waals surface area (Å²) in [5, 5.41) is 2.20. The summed E-state index contributed by atoms with van der Waals surface area (Å²) < 4.78 is 61.6. The number of carbonyl (C=O) groups is 1. The predicted molar refractivity (Wildman–Crippen MR) is 116 cm³/mol. The Bertz CT molecular complexity index is 1020. The van der Waals surface area contributed by atoms with E-state index in [-0.39, 0.29) is 22.8 Å². The van der Waals surface area contributed by atoms with Crippen molar-refractivity contribution in [3.05, 3.63) is 23.8 Å². The number of amides is 1. The van der Waals surface area contributed by atoms with E-state index in [0.29, 0.717) is 43.9 Å². The van der Waals surface area contributed by atoms with Gasteiger partial charge < -0.3 is 19.7 Å². The molecule has 0 bridgehead atoms. The average molecular weight is 475 g/mol. The Labute approximate surface area is 183 Å². The standard InChI is InChI=1S/C20H30N2O7S2/c1-4-29-20(23)22-9-7-15(8-10-22)21-17-12-30(24,25)13-19(17)31(26,27)16-5-6-18(28-3)14(2)11-16/h5-6,11,15,17,19,21H,4,7-10,12-13H2,1-3H3/t17-,19-/m0/s1. The molecule has 1 aromatic carbocycles. The predicted octanol–water partition coefficient (Wildman–Crippen LogP) is 1.15. The van der Waals surface area contributed by atoms with Crippen LogP contribution >= 0.6 is 0 Å². The summed E-state index contributed by atoms with van der Waals surface area (Å²) >= 11 is 0. The normalized spacial score (nSPS) is 24.2. The van der Waals surface area contributed by atoms with Crippen molar-refractivity contribution in [3.8, 4) is 5.75 Å². The quantitative estimate of drug-likeness (QED) is 0.652. The molecule has 9 nitrogen and oxygen atoms in total. The van der Waals surface area contributed by atoms with Crippen LogP contribution in [0.15, 0.2) is 23.1 Å². The molecular weight excluding hydrogens is 444 g/mol. The molecule has 2 aliphatic heterocycles. The first-order valence-electron chi connectivity index (χ1n) is 10.3. The Hall–Kier alpha value is -1.85. The molecule has 11 heteroatoms. The number of hydrogen-bond donors (Lipinski definition) is 1. The van der Waals surface area contributed by atoms with Crippen LogP contribution in [0.5, 0.6) is 5.75 Å². The van der Waals surface area contributed by atoms with Crippen molar-refractivity contribution in [2.45, 2.75) is 48.9 Å². The van der Waals surface area contributed by atoms with E-state index >= 15 is 0 Å². The monoisotopic (exact) mass is 474 g/mol. The molecule has 0 radical (unpaired) electrons. The molecule has 0 saturated carbocycles. The molecule has 0 unspecified atom stereocenters. The number of rotatable bonds is 6. The van der Waals surface area contributed by atoms with Gasteiger partial charge >= 0.3 is 6.09 Å². The average Bonchev–Trinajstić information content (AvgIpc) is 3.03. The van der Waals surface area contributed by atoms with Gasteiger partial charge in [-0.25, -0.2) is 21.6 Å². The van der Waals surface area contributed by atoms with Crippen LogP contribution < -0.4 is 10.1 Å². The van der Waals surface area contributed by atoms with Crippen molar-refractivity contribution < 1.29 is 31.1 Å². The lowest BCUT2D eigenvalue weighted by Gasteiger charge is -2.34. The zero-order valence-corrected chi connectivity index (χ0v) is 19.7. The highest BCUT2D eigenvalue weighted by Gasteiger charge is 2.46. The second-order valence-electron chi connectivity index (χ2n) is 8.03. The van der Waals surface area contributed by atoms with Gasteiger partial charge in [-0.3, -0.25) is 0 Å². The highest BCUT2D eigenvalue weighted by Crippen LogP contribution is 2.29. The highest BCUT2D eigenvalue weighted by atomic mass is 32.2. The van der Waals surface area contributed by atoms with Gasteiger partial charge in [0.2, 0.25) is 0 Å². The number of hydrogen-bond acceptors (Lipinski definition) is 8. The maximum atomic E-state index is 13.3. The summed E-state index contributed by atoms with van der Waals surface area (Å²) in [6.07, 6.45) is 0.841. The third-order valence-electron chi connectivity index (χ3n) is 5.86. The topological polar surface area (TPSA) is 119 Å². The van der Waals surface area contributed by atoms with Crippen LogP contribution in [0.4, 0.5) is 4.79 Å². The molecule has 0 aromatic heterocycles. The zero-order valence-electron chi connectivity index (χ0n) is 18.0. The number of piperidine rings is 1. The molecular formula is C20H30N2O7S2. The van der Waals surface area contributed by atoms with E-state index in [4.69, 9.17) is 9.47 Å². The minimum atomic E-state index is -3.87. The maximum Gasteiger partial charge on any atom is 0.409 e.